The second-order valence-electron chi connectivity index (χ2n) is 5.87. The number of thiocarbonyl (C=S) groups is 1. The van der Waals surface area contributed by atoms with Gasteiger partial charge in [-0.25, -0.2) is 0 Å². The van der Waals surface area contributed by atoms with Crippen molar-refractivity contribution in [2.24, 2.45) is 11.1 Å². The summed E-state index contributed by atoms with van der Waals surface area (Å²) >= 11 is 5.14. The van der Waals surface area contributed by atoms with E-state index in [0.29, 0.717) is 10.4 Å². The molecular formula is C14H22N4S. The molecule has 0 aromatic carbocycles. The number of hydrogen-bond acceptors (Lipinski definition) is 4. The highest BCUT2D eigenvalue weighted by atomic mass is 32.1. The molecule has 0 atom stereocenters. The van der Waals surface area contributed by atoms with Gasteiger partial charge in [0.25, 0.3) is 0 Å². The Hall–Kier alpha value is -1.23. The maximum absolute atomic E-state index is 5.82. The van der Waals surface area contributed by atoms with E-state index >= 15 is 0 Å². The summed E-state index contributed by atoms with van der Waals surface area (Å²) in [4.78, 5) is 0.384. The molecule has 0 amide bonds. The molecule has 1 aromatic heterocycles. The fraction of sp³-hybridized carbons (Fsp3) is 0.643. The van der Waals surface area contributed by atoms with Crippen LogP contribution in [0.3, 0.4) is 0 Å². The van der Waals surface area contributed by atoms with E-state index in [4.69, 9.17) is 18.0 Å². The Morgan fingerprint density at radius 1 is 1.32 bits per heavy atom. The predicted octanol–water partition coefficient (Wildman–Crippen LogP) is 2.72. The summed E-state index contributed by atoms with van der Waals surface area (Å²) in [6, 6.07) is 0. The summed E-state index contributed by atoms with van der Waals surface area (Å²) in [5.41, 5.74) is 8.91. The standard InChI is InChI=1S/C14H22N4S/c1-9-10(2)17-18-13(11(9)12(15)19)16-8-14(3)6-4-5-7-14/h4-8H2,1-3H3,(H2,15,19)(H,16,18). The van der Waals surface area contributed by atoms with E-state index in [9.17, 15) is 0 Å². The molecule has 0 bridgehead atoms. The van der Waals surface area contributed by atoms with Crippen LogP contribution in [0.25, 0.3) is 0 Å². The lowest BCUT2D eigenvalue weighted by molar-refractivity contribution is 0.361. The molecule has 19 heavy (non-hydrogen) atoms. The van der Waals surface area contributed by atoms with Crippen LogP contribution < -0.4 is 11.1 Å². The van der Waals surface area contributed by atoms with E-state index in [1.54, 1.807) is 0 Å². The smallest absolute Gasteiger partial charge is 0.159 e. The highest BCUT2D eigenvalue weighted by molar-refractivity contribution is 7.80. The Morgan fingerprint density at radius 2 is 1.95 bits per heavy atom. The highest BCUT2D eigenvalue weighted by Gasteiger charge is 2.29. The number of aryl methyl sites for hydroxylation is 1. The van der Waals surface area contributed by atoms with Crippen LogP contribution in [-0.4, -0.2) is 21.7 Å². The normalized spacial score (nSPS) is 17.4. The topological polar surface area (TPSA) is 63.8 Å². The zero-order valence-corrected chi connectivity index (χ0v) is 12.7. The van der Waals surface area contributed by atoms with Gasteiger partial charge in [0.2, 0.25) is 0 Å². The molecule has 0 unspecified atom stereocenters. The van der Waals surface area contributed by atoms with Crippen molar-refractivity contribution in [2.45, 2.75) is 46.5 Å². The first-order chi connectivity index (χ1) is 8.93. The van der Waals surface area contributed by atoms with Crippen molar-refractivity contribution in [3.63, 3.8) is 0 Å². The van der Waals surface area contributed by atoms with Gasteiger partial charge >= 0.3 is 0 Å². The summed E-state index contributed by atoms with van der Waals surface area (Å²) in [6.45, 7) is 7.13. The van der Waals surface area contributed by atoms with E-state index in [1.807, 2.05) is 13.8 Å². The molecule has 1 heterocycles. The van der Waals surface area contributed by atoms with Crippen LogP contribution in [0.1, 0.15) is 49.4 Å². The van der Waals surface area contributed by atoms with Crippen LogP contribution in [-0.2, 0) is 0 Å². The van der Waals surface area contributed by atoms with Crippen LogP contribution in [0.2, 0.25) is 0 Å². The molecule has 0 spiro atoms. The van der Waals surface area contributed by atoms with Crippen molar-refractivity contribution in [2.75, 3.05) is 11.9 Å². The van der Waals surface area contributed by atoms with Gasteiger partial charge in [0.05, 0.1) is 11.3 Å². The number of hydrogen-bond donors (Lipinski definition) is 2. The van der Waals surface area contributed by atoms with Gasteiger partial charge in [-0.15, -0.1) is 5.10 Å². The van der Waals surface area contributed by atoms with E-state index in [0.717, 1.165) is 29.2 Å². The largest absolute Gasteiger partial charge is 0.389 e. The first-order valence-corrected chi connectivity index (χ1v) is 7.21. The third-order valence-corrected chi connectivity index (χ3v) is 4.40. The number of nitrogens with one attached hydrogen (secondary N) is 1. The van der Waals surface area contributed by atoms with Crippen LogP contribution in [0, 0.1) is 19.3 Å². The first kappa shape index (κ1) is 14.2. The molecule has 1 aliphatic rings. The van der Waals surface area contributed by atoms with Gasteiger partial charge in [-0.05, 0) is 37.7 Å². The summed E-state index contributed by atoms with van der Waals surface area (Å²) in [5, 5.41) is 11.8. The van der Waals surface area contributed by atoms with Crippen LogP contribution >= 0.6 is 12.2 Å². The molecule has 1 fully saturated rings. The van der Waals surface area contributed by atoms with Crippen LogP contribution in [0.5, 0.6) is 0 Å². The van der Waals surface area contributed by atoms with Crippen molar-refractivity contribution < 1.29 is 0 Å². The number of rotatable bonds is 4. The fourth-order valence-electron chi connectivity index (χ4n) is 2.74. The molecule has 1 saturated carbocycles. The lowest BCUT2D eigenvalue weighted by Crippen LogP contribution is -2.26. The van der Waals surface area contributed by atoms with Gasteiger partial charge in [0.1, 0.15) is 4.99 Å². The monoisotopic (exact) mass is 278 g/mol. The SMILES string of the molecule is Cc1nnc(NCC2(C)CCCC2)c(C(N)=S)c1C. The maximum Gasteiger partial charge on any atom is 0.159 e. The molecule has 0 radical (unpaired) electrons. The second-order valence-corrected chi connectivity index (χ2v) is 6.31. The summed E-state index contributed by atoms with van der Waals surface area (Å²) in [6.07, 6.45) is 5.17. The van der Waals surface area contributed by atoms with Crippen molar-refractivity contribution in [1.29, 1.82) is 0 Å². The van der Waals surface area contributed by atoms with E-state index in [1.165, 1.54) is 25.7 Å². The third-order valence-electron chi connectivity index (χ3n) is 4.19. The molecule has 1 aromatic rings. The van der Waals surface area contributed by atoms with E-state index in [2.05, 4.69) is 22.4 Å². The van der Waals surface area contributed by atoms with Crippen molar-refractivity contribution in [3.05, 3.63) is 16.8 Å². The summed E-state index contributed by atoms with van der Waals surface area (Å²) in [7, 11) is 0. The van der Waals surface area contributed by atoms with Gasteiger partial charge in [0.15, 0.2) is 5.82 Å². The molecular weight excluding hydrogens is 256 g/mol. The average molecular weight is 278 g/mol. The van der Waals surface area contributed by atoms with Crippen molar-refractivity contribution >= 4 is 23.0 Å². The third kappa shape index (κ3) is 3.03. The number of anilines is 1. The molecule has 3 N–H and O–H groups in total. The fourth-order valence-corrected chi connectivity index (χ4v) is 2.99. The second kappa shape index (κ2) is 5.41. The molecule has 1 aliphatic carbocycles. The van der Waals surface area contributed by atoms with Gasteiger partial charge < -0.3 is 11.1 Å². The number of nitrogens with two attached hydrogens (primary N) is 1. The number of nitrogens with zero attached hydrogens (tertiary/aromatic N) is 2. The molecule has 2 rings (SSSR count). The minimum absolute atomic E-state index is 0.355. The van der Waals surface area contributed by atoms with Crippen molar-refractivity contribution in [3.8, 4) is 0 Å². The van der Waals surface area contributed by atoms with Crippen molar-refractivity contribution in [1.82, 2.24) is 10.2 Å². The molecule has 5 heteroatoms. The Morgan fingerprint density at radius 3 is 2.53 bits per heavy atom. The first-order valence-electron chi connectivity index (χ1n) is 6.80. The summed E-state index contributed by atoms with van der Waals surface area (Å²) < 4.78 is 0. The van der Waals surface area contributed by atoms with Crippen LogP contribution in [0.4, 0.5) is 5.82 Å². The Balaban J connectivity index is 2.20. The van der Waals surface area contributed by atoms with Gasteiger partial charge in [0, 0.05) is 6.54 Å². The molecule has 0 aliphatic heterocycles. The molecule has 0 saturated heterocycles. The predicted molar refractivity (Wildman–Crippen MR) is 82.5 cm³/mol. The summed E-state index contributed by atoms with van der Waals surface area (Å²) in [5.74, 6) is 0.726. The van der Waals surface area contributed by atoms with Crippen LogP contribution in [0.15, 0.2) is 0 Å². The van der Waals surface area contributed by atoms with Gasteiger partial charge in [-0.2, -0.15) is 5.10 Å². The Kier molecular flexibility index (Phi) is 4.04. The lowest BCUT2D eigenvalue weighted by atomic mass is 9.89. The minimum Gasteiger partial charge on any atom is -0.389 e. The number of aromatic nitrogens is 2. The van der Waals surface area contributed by atoms with Gasteiger partial charge in [-0.3, -0.25) is 0 Å². The van der Waals surface area contributed by atoms with Gasteiger partial charge in [-0.1, -0.05) is 32.0 Å². The Labute approximate surface area is 120 Å². The zero-order chi connectivity index (χ0) is 14.0. The van der Waals surface area contributed by atoms with E-state index in [-0.39, 0.29) is 0 Å². The minimum atomic E-state index is 0.355. The molecule has 4 nitrogen and oxygen atoms in total. The maximum atomic E-state index is 5.82. The highest BCUT2D eigenvalue weighted by Crippen LogP contribution is 2.37. The quantitative estimate of drug-likeness (QED) is 0.829. The Bertz CT molecular complexity index is 492. The average Bonchev–Trinajstić information content (AvgIpc) is 2.78. The zero-order valence-electron chi connectivity index (χ0n) is 11.9. The molecule has 104 valence electrons. The lowest BCUT2D eigenvalue weighted by Gasteiger charge is -2.25. The van der Waals surface area contributed by atoms with E-state index < -0.39 is 0 Å².